The molecule has 0 bridgehead atoms. The lowest BCUT2D eigenvalue weighted by Crippen LogP contribution is -2.33. The summed E-state index contributed by atoms with van der Waals surface area (Å²) in [6.45, 7) is 5.78. The molecule has 4 rings (SSSR count). The number of piperidine rings is 1. The van der Waals surface area contributed by atoms with Crippen molar-refractivity contribution in [3.63, 3.8) is 0 Å². The van der Waals surface area contributed by atoms with E-state index in [1.54, 1.807) is 0 Å². The van der Waals surface area contributed by atoms with Crippen LogP contribution in [0, 0.1) is 0 Å². The summed E-state index contributed by atoms with van der Waals surface area (Å²) in [6, 6.07) is 8.19. The van der Waals surface area contributed by atoms with Gasteiger partial charge >= 0.3 is 24.3 Å². The molecule has 0 atom stereocenters. The number of likely N-dealkylation sites (tertiary alicyclic amines) is 1. The van der Waals surface area contributed by atoms with Crippen molar-refractivity contribution in [1.29, 1.82) is 0 Å². The quantitative estimate of drug-likeness (QED) is 0.452. The summed E-state index contributed by atoms with van der Waals surface area (Å²) in [5.74, 6) is -4.03. The first-order valence-corrected chi connectivity index (χ1v) is 11.3. The number of halogens is 6. The van der Waals surface area contributed by atoms with Gasteiger partial charge in [-0.1, -0.05) is 6.92 Å². The Labute approximate surface area is 212 Å². The lowest BCUT2D eigenvalue weighted by atomic mass is 9.96. The fraction of sp³-hybridized carbons (Fsp3) is 0.435. The van der Waals surface area contributed by atoms with Crippen LogP contribution in [0.5, 0.6) is 0 Å². The fourth-order valence-electron chi connectivity index (χ4n) is 3.52. The molecule has 0 aromatic carbocycles. The minimum absolute atomic E-state index is 0.488. The third kappa shape index (κ3) is 9.28. The summed E-state index contributed by atoms with van der Waals surface area (Å²) in [5, 5.41) is 19.0. The van der Waals surface area contributed by atoms with Gasteiger partial charge in [0.05, 0.1) is 0 Å². The number of rotatable bonds is 4. The Morgan fingerprint density at radius 2 is 1.45 bits per heavy atom. The Hall–Kier alpha value is -3.75. The van der Waals surface area contributed by atoms with Crippen LogP contribution in [-0.4, -0.2) is 78.6 Å². The van der Waals surface area contributed by atoms with Crippen LogP contribution in [0.3, 0.4) is 0 Å². The van der Waals surface area contributed by atoms with Crippen LogP contribution in [0.2, 0.25) is 0 Å². The molecule has 1 fully saturated rings. The maximum absolute atomic E-state index is 10.6. The number of carboxylic acid groups (broad SMARTS) is 2. The van der Waals surface area contributed by atoms with Gasteiger partial charge in [0.15, 0.2) is 11.5 Å². The van der Waals surface area contributed by atoms with Gasteiger partial charge in [-0.25, -0.2) is 19.1 Å². The number of carboxylic acids is 2. The zero-order valence-corrected chi connectivity index (χ0v) is 20.1. The van der Waals surface area contributed by atoms with Crippen LogP contribution in [0.1, 0.15) is 37.9 Å². The summed E-state index contributed by atoms with van der Waals surface area (Å²) < 4.78 is 65.4. The first kappa shape index (κ1) is 30.5. The van der Waals surface area contributed by atoms with E-state index in [1.807, 2.05) is 29.0 Å². The molecule has 1 aliphatic heterocycles. The lowest BCUT2D eigenvalue weighted by molar-refractivity contribution is -0.193. The average molecular weight is 549 g/mol. The van der Waals surface area contributed by atoms with E-state index in [0.29, 0.717) is 5.92 Å². The van der Waals surface area contributed by atoms with Crippen LogP contribution < -0.4 is 0 Å². The molecule has 3 aromatic rings. The first-order chi connectivity index (χ1) is 17.7. The Kier molecular flexibility index (Phi) is 10.6. The molecule has 9 nitrogen and oxygen atoms in total. The molecule has 0 aliphatic carbocycles. The van der Waals surface area contributed by atoms with E-state index in [-0.39, 0.29) is 0 Å². The molecule has 15 heteroatoms. The Balaban J connectivity index is 0.000000301. The van der Waals surface area contributed by atoms with E-state index < -0.39 is 24.3 Å². The molecule has 2 N–H and O–H groups in total. The van der Waals surface area contributed by atoms with Gasteiger partial charge in [0, 0.05) is 30.1 Å². The molecule has 0 saturated carbocycles. The number of fused-ring (bicyclic) bond motifs is 1. The van der Waals surface area contributed by atoms with Gasteiger partial charge in [0.2, 0.25) is 0 Å². The van der Waals surface area contributed by atoms with Gasteiger partial charge in [-0.15, -0.1) is 0 Å². The lowest BCUT2D eigenvalue weighted by Gasteiger charge is -2.30. The molecule has 1 saturated heterocycles. The molecule has 3 aromatic heterocycles. The van der Waals surface area contributed by atoms with Crippen molar-refractivity contribution in [1.82, 2.24) is 24.5 Å². The highest BCUT2D eigenvalue weighted by Crippen LogP contribution is 2.27. The monoisotopic (exact) mass is 549 g/mol. The van der Waals surface area contributed by atoms with Gasteiger partial charge in [0.1, 0.15) is 0 Å². The van der Waals surface area contributed by atoms with Gasteiger partial charge in [0.25, 0.3) is 0 Å². The summed E-state index contributed by atoms with van der Waals surface area (Å²) in [5.41, 5.74) is 3.22. The molecule has 38 heavy (non-hydrogen) atoms. The van der Waals surface area contributed by atoms with Crippen LogP contribution in [-0.2, 0) is 9.59 Å². The highest BCUT2D eigenvalue weighted by molar-refractivity contribution is 5.73. The number of pyridine rings is 2. The molecular formula is C23H25F6N5O4. The zero-order chi connectivity index (χ0) is 28.5. The number of aliphatic carboxylic acids is 2. The van der Waals surface area contributed by atoms with Crippen molar-refractivity contribution in [3.05, 3.63) is 48.7 Å². The number of aromatic nitrogens is 4. The van der Waals surface area contributed by atoms with Gasteiger partial charge in [-0.05, 0) is 68.7 Å². The van der Waals surface area contributed by atoms with Crippen LogP contribution in [0.4, 0.5) is 26.3 Å². The van der Waals surface area contributed by atoms with Crippen molar-refractivity contribution < 1.29 is 46.1 Å². The van der Waals surface area contributed by atoms with E-state index in [1.165, 1.54) is 13.0 Å². The van der Waals surface area contributed by atoms with E-state index in [0.717, 1.165) is 48.5 Å². The Bertz CT molecular complexity index is 1170. The predicted molar refractivity (Wildman–Crippen MR) is 122 cm³/mol. The first-order valence-electron chi connectivity index (χ1n) is 11.3. The van der Waals surface area contributed by atoms with E-state index >= 15 is 0 Å². The third-order valence-electron chi connectivity index (χ3n) is 5.34. The van der Waals surface area contributed by atoms with Gasteiger partial charge in [-0.3, -0.25) is 4.98 Å². The minimum Gasteiger partial charge on any atom is -0.475 e. The van der Waals surface area contributed by atoms with Crippen LogP contribution in [0.15, 0.2) is 42.9 Å². The summed E-state index contributed by atoms with van der Waals surface area (Å²) in [6.07, 6.45) is -0.919. The maximum Gasteiger partial charge on any atom is 0.490 e. The SMILES string of the molecule is CCCN1CCC(c2nc3ccc(-c4ccncc4)cn3n2)CC1.O=C(O)C(F)(F)F.O=C(O)C(F)(F)F. The Morgan fingerprint density at radius 1 is 0.921 bits per heavy atom. The molecule has 4 heterocycles. The number of hydrogen-bond donors (Lipinski definition) is 2. The second-order valence-corrected chi connectivity index (χ2v) is 8.15. The zero-order valence-electron chi connectivity index (χ0n) is 20.1. The Morgan fingerprint density at radius 3 is 1.92 bits per heavy atom. The van der Waals surface area contributed by atoms with Crippen molar-refractivity contribution in [2.75, 3.05) is 19.6 Å². The second kappa shape index (κ2) is 13.2. The number of hydrogen-bond acceptors (Lipinski definition) is 6. The number of carbonyl (C=O) groups is 2. The van der Waals surface area contributed by atoms with Crippen LogP contribution in [0.25, 0.3) is 16.8 Å². The molecule has 0 radical (unpaired) electrons. The van der Waals surface area contributed by atoms with E-state index in [9.17, 15) is 26.3 Å². The summed E-state index contributed by atoms with van der Waals surface area (Å²) in [7, 11) is 0. The average Bonchev–Trinajstić information content (AvgIpc) is 3.28. The largest absolute Gasteiger partial charge is 0.490 e. The smallest absolute Gasteiger partial charge is 0.475 e. The highest BCUT2D eigenvalue weighted by Gasteiger charge is 2.38. The van der Waals surface area contributed by atoms with Crippen molar-refractivity contribution in [2.45, 2.75) is 44.5 Å². The maximum atomic E-state index is 10.6. The van der Waals surface area contributed by atoms with Gasteiger partial charge < -0.3 is 15.1 Å². The third-order valence-corrected chi connectivity index (χ3v) is 5.34. The summed E-state index contributed by atoms with van der Waals surface area (Å²) in [4.78, 5) is 29.2. The molecule has 0 spiro atoms. The molecular weight excluding hydrogens is 524 g/mol. The number of nitrogens with zero attached hydrogens (tertiary/aromatic N) is 5. The normalized spacial score (nSPS) is 14.7. The molecule has 0 unspecified atom stereocenters. The van der Waals surface area contributed by atoms with Crippen molar-refractivity contribution in [2.24, 2.45) is 0 Å². The molecule has 0 amide bonds. The van der Waals surface area contributed by atoms with Crippen molar-refractivity contribution >= 4 is 17.6 Å². The topological polar surface area (TPSA) is 121 Å². The molecule has 208 valence electrons. The standard InChI is InChI=1S/C19H23N5.2C2HF3O2/c1-2-11-23-12-7-16(8-13-23)19-21-18-4-3-17(14-24(18)22-19)15-5-9-20-10-6-15;2*3-2(4,5)1(6)7/h3-6,9-10,14,16H,2,7-8,11-13H2,1H3;2*(H,6,7). The highest BCUT2D eigenvalue weighted by atomic mass is 19.4. The van der Waals surface area contributed by atoms with Crippen molar-refractivity contribution in [3.8, 4) is 11.1 Å². The predicted octanol–water partition coefficient (Wildman–Crippen LogP) is 4.65. The fourth-order valence-corrected chi connectivity index (χ4v) is 3.52. The van der Waals surface area contributed by atoms with E-state index in [2.05, 4.69) is 35.1 Å². The summed E-state index contributed by atoms with van der Waals surface area (Å²) >= 11 is 0. The van der Waals surface area contributed by atoms with Gasteiger partial charge in [-0.2, -0.15) is 31.4 Å². The second-order valence-electron chi connectivity index (χ2n) is 8.15. The van der Waals surface area contributed by atoms with Crippen LogP contribution >= 0.6 is 0 Å². The minimum atomic E-state index is -5.08. The number of alkyl halides is 6. The van der Waals surface area contributed by atoms with E-state index in [4.69, 9.17) is 29.9 Å². The molecule has 1 aliphatic rings.